The zero-order valence-electron chi connectivity index (χ0n) is 19.7. The van der Waals surface area contributed by atoms with Gasteiger partial charge in [0.15, 0.2) is 11.5 Å². The van der Waals surface area contributed by atoms with E-state index < -0.39 is 0 Å². The highest BCUT2D eigenvalue weighted by Crippen LogP contribution is 2.32. The molecule has 0 saturated carbocycles. The minimum absolute atomic E-state index is 0.603. The molecule has 172 valence electrons. The van der Waals surface area contributed by atoms with Crippen molar-refractivity contribution in [2.45, 2.75) is 25.7 Å². The first kappa shape index (κ1) is 23.7. The number of ether oxygens (including phenoxy) is 2. The van der Waals surface area contributed by atoms with Gasteiger partial charge in [-0.05, 0) is 74.7 Å². The number of benzene rings is 2. The second-order valence-electron chi connectivity index (χ2n) is 8.47. The molecular formula is C26H35N3O3. The van der Waals surface area contributed by atoms with Crippen LogP contribution in [0.25, 0.3) is 10.9 Å². The molecular weight excluding hydrogens is 402 g/mol. The summed E-state index contributed by atoms with van der Waals surface area (Å²) >= 11 is 0. The van der Waals surface area contributed by atoms with Crippen molar-refractivity contribution in [3.63, 3.8) is 0 Å². The summed E-state index contributed by atoms with van der Waals surface area (Å²) in [5.74, 6) is 1.52. The van der Waals surface area contributed by atoms with Gasteiger partial charge in [0, 0.05) is 37.2 Å². The SMILES string of the molecule is COc1cc(CCN(C)C=O)c(CCCc2c[nH]c3ccccc23)cc1OCCN(C)C. The number of rotatable bonds is 13. The smallest absolute Gasteiger partial charge is 0.209 e. The molecule has 3 rings (SSSR count). The molecule has 0 aliphatic carbocycles. The van der Waals surface area contributed by atoms with Crippen LogP contribution >= 0.6 is 0 Å². The molecule has 0 unspecified atom stereocenters. The van der Waals surface area contributed by atoms with Gasteiger partial charge in [-0.3, -0.25) is 4.79 Å². The van der Waals surface area contributed by atoms with Gasteiger partial charge in [0.05, 0.1) is 7.11 Å². The third-order valence-electron chi connectivity index (χ3n) is 5.76. The maximum Gasteiger partial charge on any atom is 0.209 e. The summed E-state index contributed by atoms with van der Waals surface area (Å²) in [5.41, 5.74) is 4.99. The Morgan fingerprint density at radius 1 is 0.938 bits per heavy atom. The number of H-pyrrole nitrogens is 1. The minimum Gasteiger partial charge on any atom is -0.493 e. The molecule has 0 spiro atoms. The number of likely N-dealkylation sites (N-methyl/N-ethyl adjacent to an activating group) is 2. The number of nitrogens with zero attached hydrogens (tertiary/aromatic N) is 2. The quantitative estimate of drug-likeness (QED) is 0.412. The van der Waals surface area contributed by atoms with Crippen molar-refractivity contribution in [2.75, 3.05) is 47.9 Å². The van der Waals surface area contributed by atoms with E-state index in [2.05, 4.69) is 52.5 Å². The van der Waals surface area contributed by atoms with Crippen molar-refractivity contribution in [1.29, 1.82) is 0 Å². The third-order valence-corrected chi connectivity index (χ3v) is 5.76. The Balaban J connectivity index is 1.76. The second kappa shape index (κ2) is 11.6. The van der Waals surface area contributed by atoms with Crippen LogP contribution in [0.4, 0.5) is 0 Å². The zero-order valence-corrected chi connectivity index (χ0v) is 19.7. The van der Waals surface area contributed by atoms with Crippen LogP contribution in [0.15, 0.2) is 42.6 Å². The van der Waals surface area contributed by atoms with Gasteiger partial charge in [-0.15, -0.1) is 0 Å². The molecule has 0 fully saturated rings. The maximum absolute atomic E-state index is 11.0. The molecule has 1 aromatic heterocycles. The van der Waals surface area contributed by atoms with Gasteiger partial charge in [-0.25, -0.2) is 0 Å². The van der Waals surface area contributed by atoms with E-state index in [0.717, 1.165) is 50.1 Å². The Morgan fingerprint density at radius 2 is 1.66 bits per heavy atom. The number of fused-ring (bicyclic) bond motifs is 1. The molecule has 1 heterocycles. The van der Waals surface area contributed by atoms with Crippen molar-refractivity contribution in [2.24, 2.45) is 0 Å². The number of aromatic nitrogens is 1. The van der Waals surface area contributed by atoms with Crippen LogP contribution in [0.2, 0.25) is 0 Å². The Hall–Kier alpha value is -2.99. The van der Waals surface area contributed by atoms with Crippen molar-refractivity contribution in [3.8, 4) is 11.5 Å². The van der Waals surface area contributed by atoms with Gasteiger partial charge < -0.3 is 24.3 Å². The number of carbonyl (C=O) groups is 1. The first-order valence-corrected chi connectivity index (χ1v) is 11.2. The summed E-state index contributed by atoms with van der Waals surface area (Å²) in [4.78, 5) is 18.2. The fraction of sp³-hybridized carbons (Fsp3) is 0.423. The number of hydrogen-bond acceptors (Lipinski definition) is 4. The average molecular weight is 438 g/mol. The Bertz CT molecular complexity index is 1010. The first-order chi connectivity index (χ1) is 15.5. The average Bonchev–Trinajstić information content (AvgIpc) is 3.21. The van der Waals surface area contributed by atoms with Crippen LogP contribution in [0, 0.1) is 0 Å². The standard InChI is InChI=1S/C26H35N3O3/c1-28(2)14-15-32-26-17-20(21(16-25(26)31-4)12-13-29(3)19-30)8-7-9-22-18-27-24-11-6-5-10-23(22)24/h5-6,10-11,16-19,27H,7-9,12-15H2,1-4H3. The van der Waals surface area contributed by atoms with Gasteiger partial charge >= 0.3 is 0 Å². The molecule has 0 radical (unpaired) electrons. The van der Waals surface area contributed by atoms with Gasteiger partial charge in [-0.2, -0.15) is 0 Å². The highest BCUT2D eigenvalue weighted by molar-refractivity contribution is 5.83. The lowest BCUT2D eigenvalue weighted by Gasteiger charge is -2.19. The van der Waals surface area contributed by atoms with Gasteiger partial charge in [0.2, 0.25) is 6.41 Å². The summed E-state index contributed by atoms with van der Waals surface area (Å²) < 4.78 is 11.7. The molecule has 0 saturated heterocycles. The number of methoxy groups -OCH3 is 1. The van der Waals surface area contributed by atoms with Crippen molar-refractivity contribution < 1.29 is 14.3 Å². The van der Waals surface area contributed by atoms with Crippen LogP contribution < -0.4 is 9.47 Å². The monoisotopic (exact) mass is 437 g/mol. The molecule has 3 aromatic rings. The predicted octanol–water partition coefficient (Wildman–Crippen LogP) is 3.92. The molecule has 2 aromatic carbocycles. The number of aryl methyl sites for hydroxylation is 2. The molecule has 0 aliphatic heterocycles. The number of para-hydroxylation sites is 1. The molecule has 0 atom stereocenters. The summed E-state index contributed by atoms with van der Waals surface area (Å²) in [6.07, 6.45) is 6.74. The lowest BCUT2D eigenvalue weighted by Crippen LogP contribution is -2.20. The van der Waals surface area contributed by atoms with E-state index in [4.69, 9.17) is 9.47 Å². The number of aromatic amines is 1. The molecule has 0 bridgehead atoms. The van der Waals surface area contributed by atoms with Crippen LogP contribution in [-0.4, -0.2) is 69.1 Å². The van der Waals surface area contributed by atoms with E-state index >= 15 is 0 Å². The van der Waals surface area contributed by atoms with E-state index in [9.17, 15) is 4.79 Å². The van der Waals surface area contributed by atoms with Crippen molar-refractivity contribution in [1.82, 2.24) is 14.8 Å². The van der Waals surface area contributed by atoms with E-state index in [0.29, 0.717) is 13.2 Å². The van der Waals surface area contributed by atoms with Crippen molar-refractivity contribution >= 4 is 17.3 Å². The maximum atomic E-state index is 11.0. The second-order valence-corrected chi connectivity index (χ2v) is 8.47. The lowest BCUT2D eigenvalue weighted by molar-refractivity contribution is -0.116. The molecule has 0 aliphatic rings. The summed E-state index contributed by atoms with van der Waals surface area (Å²) in [6, 6.07) is 12.6. The lowest BCUT2D eigenvalue weighted by atomic mass is 9.97. The van der Waals surface area contributed by atoms with Crippen LogP contribution in [-0.2, 0) is 24.1 Å². The number of hydrogen-bond donors (Lipinski definition) is 1. The predicted molar refractivity (Wildman–Crippen MR) is 130 cm³/mol. The summed E-state index contributed by atoms with van der Waals surface area (Å²) in [5, 5.41) is 1.29. The van der Waals surface area contributed by atoms with Crippen molar-refractivity contribution in [3.05, 3.63) is 59.3 Å². The van der Waals surface area contributed by atoms with Gasteiger partial charge in [0.25, 0.3) is 0 Å². The number of amides is 1. The van der Waals surface area contributed by atoms with Gasteiger partial charge in [0.1, 0.15) is 6.61 Å². The van der Waals surface area contributed by atoms with E-state index in [1.54, 1.807) is 19.1 Å². The van der Waals surface area contributed by atoms with E-state index in [1.807, 2.05) is 14.1 Å². The fourth-order valence-electron chi connectivity index (χ4n) is 3.88. The van der Waals surface area contributed by atoms with Crippen LogP contribution in [0.5, 0.6) is 11.5 Å². The normalized spacial score (nSPS) is 11.2. The highest BCUT2D eigenvalue weighted by atomic mass is 16.5. The summed E-state index contributed by atoms with van der Waals surface area (Å²) in [7, 11) is 7.54. The molecule has 1 N–H and O–H groups in total. The Labute approximate surface area is 191 Å². The Kier molecular flexibility index (Phi) is 8.56. The Morgan fingerprint density at radius 3 is 2.41 bits per heavy atom. The molecule has 6 nitrogen and oxygen atoms in total. The summed E-state index contributed by atoms with van der Waals surface area (Å²) in [6.45, 7) is 2.11. The highest BCUT2D eigenvalue weighted by Gasteiger charge is 2.13. The topological polar surface area (TPSA) is 57.8 Å². The van der Waals surface area contributed by atoms with E-state index in [1.165, 1.54) is 27.6 Å². The number of carbonyl (C=O) groups excluding carboxylic acids is 1. The zero-order chi connectivity index (χ0) is 22.9. The molecule has 6 heteroatoms. The number of nitrogens with one attached hydrogen (secondary N) is 1. The first-order valence-electron chi connectivity index (χ1n) is 11.2. The van der Waals surface area contributed by atoms with E-state index in [-0.39, 0.29) is 0 Å². The minimum atomic E-state index is 0.603. The third kappa shape index (κ3) is 6.26. The van der Waals surface area contributed by atoms with Crippen LogP contribution in [0.1, 0.15) is 23.1 Å². The van der Waals surface area contributed by atoms with Crippen LogP contribution in [0.3, 0.4) is 0 Å². The van der Waals surface area contributed by atoms with Gasteiger partial charge in [-0.1, -0.05) is 18.2 Å². The fourth-order valence-corrected chi connectivity index (χ4v) is 3.88. The molecule has 32 heavy (non-hydrogen) atoms. The molecule has 1 amide bonds. The largest absolute Gasteiger partial charge is 0.493 e.